The van der Waals surface area contributed by atoms with E-state index in [0.29, 0.717) is 24.7 Å². The van der Waals surface area contributed by atoms with E-state index in [9.17, 15) is 0 Å². The summed E-state index contributed by atoms with van der Waals surface area (Å²) in [5.41, 5.74) is 8.30. The van der Waals surface area contributed by atoms with E-state index in [1.54, 1.807) is 0 Å². The van der Waals surface area contributed by atoms with E-state index in [0.717, 1.165) is 12.1 Å². The molecule has 1 saturated carbocycles. The first kappa shape index (κ1) is 29.7. The molecule has 3 aromatic rings. The average Bonchev–Trinajstić information content (AvgIpc) is 3.75. The predicted molar refractivity (Wildman–Crippen MR) is 179 cm³/mol. The quantitative estimate of drug-likeness (QED) is 0.195. The molecule has 4 heterocycles. The molecule has 1 aromatic heterocycles. The second-order valence-corrected chi connectivity index (χ2v) is 21.4. The summed E-state index contributed by atoms with van der Waals surface area (Å²) in [6.07, 6.45) is 7.45. The van der Waals surface area contributed by atoms with Crippen LogP contribution < -0.4 is 5.46 Å². The van der Waals surface area contributed by atoms with Gasteiger partial charge in [-0.15, -0.1) is 0 Å². The van der Waals surface area contributed by atoms with Crippen LogP contribution in [0, 0.1) is 0 Å². The molecule has 0 radical (unpaired) electrons. The molecule has 0 N–H and O–H groups in total. The fourth-order valence-electron chi connectivity index (χ4n) is 7.92. The molecule has 0 spiro atoms. The van der Waals surface area contributed by atoms with Gasteiger partial charge in [0.2, 0.25) is 0 Å². The van der Waals surface area contributed by atoms with Gasteiger partial charge < -0.3 is 18.6 Å². The van der Waals surface area contributed by atoms with Crippen LogP contribution in [0.1, 0.15) is 101 Å². The summed E-state index contributed by atoms with van der Waals surface area (Å²) in [5.74, 6) is 1.75. The topological polar surface area (TPSA) is 48.8 Å². The summed E-state index contributed by atoms with van der Waals surface area (Å²) in [4.78, 5) is 7.80. The number of rotatable bonds is 8. The van der Waals surface area contributed by atoms with Crippen LogP contribution in [0.3, 0.4) is 0 Å². The lowest BCUT2D eigenvalue weighted by atomic mass is 9.70. The first-order valence-electron chi connectivity index (χ1n) is 16.7. The maximum atomic E-state index is 6.59. The Hall–Kier alpha value is -1.97. The van der Waals surface area contributed by atoms with Gasteiger partial charge in [-0.05, 0) is 106 Å². The van der Waals surface area contributed by atoms with Gasteiger partial charge in [0, 0.05) is 32.7 Å². The third kappa shape index (κ3) is 5.05. The highest BCUT2D eigenvalue weighted by Crippen LogP contribution is 2.55. The van der Waals surface area contributed by atoms with E-state index in [1.165, 1.54) is 83.6 Å². The maximum Gasteiger partial charge on any atom is 0.495 e. The van der Waals surface area contributed by atoms with E-state index in [-0.39, 0.29) is 18.3 Å². The van der Waals surface area contributed by atoms with Gasteiger partial charge in [0.25, 0.3) is 0 Å². The van der Waals surface area contributed by atoms with Gasteiger partial charge in [-0.1, -0.05) is 50.7 Å². The smallest absolute Gasteiger partial charge is 0.399 e. The van der Waals surface area contributed by atoms with E-state index in [2.05, 4.69) is 94.2 Å². The van der Waals surface area contributed by atoms with Crippen molar-refractivity contribution in [2.24, 2.45) is 0 Å². The lowest BCUT2D eigenvalue weighted by Gasteiger charge is -2.32. The van der Waals surface area contributed by atoms with Gasteiger partial charge in [0.1, 0.15) is 12.6 Å². The van der Waals surface area contributed by atoms with Crippen LogP contribution in [0.15, 0.2) is 30.3 Å². The van der Waals surface area contributed by atoms with Gasteiger partial charge in [0.15, 0.2) is 0 Å². The molecule has 8 heteroatoms. The summed E-state index contributed by atoms with van der Waals surface area (Å²) < 4.78 is 22.0. The number of hydrogen-bond acceptors (Lipinski definition) is 5. The van der Waals surface area contributed by atoms with E-state index in [1.807, 2.05) is 0 Å². The molecule has 4 aliphatic rings. The minimum atomic E-state index is -1.15. The molecule has 2 aromatic carbocycles. The Bertz CT molecular complexity index is 1520. The highest BCUT2D eigenvalue weighted by Gasteiger charge is 2.54. The van der Waals surface area contributed by atoms with Crippen LogP contribution in [0.25, 0.3) is 22.2 Å². The fourth-order valence-corrected chi connectivity index (χ4v) is 8.68. The highest BCUT2D eigenvalue weighted by molar-refractivity contribution is 6.76. The van der Waals surface area contributed by atoms with E-state index in [4.69, 9.17) is 19.0 Å². The first-order chi connectivity index (χ1) is 20.3. The van der Waals surface area contributed by atoms with Crippen molar-refractivity contribution in [2.45, 2.75) is 128 Å². The molecule has 2 bridgehead atoms. The van der Waals surface area contributed by atoms with Crippen molar-refractivity contribution in [1.82, 2.24) is 14.5 Å². The summed E-state index contributed by atoms with van der Waals surface area (Å²) >= 11 is 0. The molecule has 6 nitrogen and oxygen atoms in total. The van der Waals surface area contributed by atoms with Crippen molar-refractivity contribution in [1.29, 1.82) is 0 Å². The molecule has 7 rings (SSSR count). The second-order valence-electron chi connectivity index (χ2n) is 15.8. The fraction of sp³-hybridized carbons (Fsp3) is 0.629. The summed E-state index contributed by atoms with van der Waals surface area (Å²) in [6, 6.07) is 13.6. The Balaban J connectivity index is 1.29. The Labute approximate surface area is 259 Å². The SMILES string of the molecule is CN1C2CCC1c1c(-c3ccc4nc(C5CCCC5)n(COCC[Si](C)(C)C)c4c3)ccc(B3OC(C)(C)C(C)(C)O3)c12. The molecule has 2 saturated heterocycles. The second kappa shape index (κ2) is 10.5. The van der Waals surface area contributed by atoms with Crippen LogP contribution in [-0.4, -0.2) is 54.5 Å². The zero-order valence-electron chi connectivity index (χ0n) is 27.6. The lowest BCUT2D eigenvalue weighted by molar-refractivity contribution is 0.00578. The summed E-state index contributed by atoms with van der Waals surface area (Å²) in [6.45, 7) is 17.2. The van der Waals surface area contributed by atoms with Crippen LogP contribution >= 0.6 is 0 Å². The van der Waals surface area contributed by atoms with E-state index < -0.39 is 8.07 Å². The number of ether oxygens (including phenoxy) is 1. The summed E-state index contributed by atoms with van der Waals surface area (Å²) in [7, 11) is 0.805. The van der Waals surface area contributed by atoms with Gasteiger partial charge in [0.05, 0.1) is 22.2 Å². The molecule has 43 heavy (non-hydrogen) atoms. The van der Waals surface area contributed by atoms with Crippen molar-refractivity contribution in [2.75, 3.05) is 13.7 Å². The molecule has 2 atom stereocenters. The van der Waals surface area contributed by atoms with Crippen LogP contribution in [-0.2, 0) is 20.8 Å². The molecule has 2 unspecified atom stereocenters. The number of nitrogens with zero attached hydrogens (tertiary/aromatic N) is 3. The number of aromatic nitrogens is 2. The van der Waals surface area contributed by atoms with Crippen molar-refractivity contribution < 1.29 is 14.0 Å². The number of imidazole rings is 1. The van der Waals surface area contributed by atoms with Gasteiger partial charge in [-0.2, -0.15) is 0 Å². The number of benzene rings is 2. The van der Waals surface area contributed by atoms with Gasteiger partial charge in [-0.25, -0.2) is 4.98 Å². The zero-order chi connectivity index (χ0) is 30.3. The first-order valence-corrected chi connectivity index (χ1v) is 20.4. The Morgan fingerprint density at radius 2 is 1.60 bits per heavy atom. The monoisotopic (exact) mass is 599 g/mol. The number of fused-ring (bicyclic) bond motifs is 6. The molecule has 3 fully saturated rings. The summed E-state index contributed by atoms with van der Waals surface area (Å²) in [5, 5.41) is 0. The van der Waals surface area contributed by atoms with Gasteiger partial charge in [-0.3, -0.25) is 4.90 Å². The Morgan fingerprint density at radius 3 is 2.28 bits per heavy atom. The standard InChI is InChI=1S/C35H50BN3O3Si/c1-34(2)35(3,4)42-36(41-34)26-15-14-25(31-28-17-18-29(32(26)31)38(28)5)24-13-16-27-30(21-24)39(22-40-19-20-43(6,7)8)33(37-27)23-11-9-10-12-23/h13-16,21,23,28-29H,9-12,17-20,22H2,1-8H3. The van der Waals surface area contributed by atoms with Crippen LogP contribution in [0.2, 0.25) is 25.7 Å². The van der Waals surface area contributed by atoms with Crippen LogP contribution in [0.5, 0.6) is 0 Å². The minimum Gasteiger partial charge on any atom is -0.399 e. The molecular weight excluding hydrogens is 549 g/mol. The molecule has 1 aliphatic carbocycles. The average molecular weight is 600 g/mol. The Kier molecular flexibility index (Phi) is 7.29. The molecular formula is C35H50BN3O3Si. The third-order valence-corrected chi connectivity index (χ3v) is 12.9. The molecule has 0 amide bonds. The lowest BCUT2D eigenvalue weighted by Crippen LogP contribution is -2.41. The number of hydrogen-bond donors (Lipinski definition) is 0. The zero-order valence-corrected chi connectivity index (χ0v) is 28.6. The molecule has 230 valence electrons. The highest BCUT2D eigenvalue weighted by atomic mass is 28.3. The van der Waals surface area contributed by atoms with Gasteiger partial charge >= 0.3 is 7.12 Å². The van der Waals surface area contributed by atoms with Crippen molar-refractivity contribution in [3.05, 3.63) is 47.3 Å². The van der Waals surface area contributed by atoms with Crippen molar-refractivity contribution >= 4 is 31.7 Å². The third-order valence-electron chi connectivity index (χ3n) is 11.2. The maximum absolute atomic E-state index is 6.59. The van der Waals surface area contributed by atoms with Crippen LogP contribution in [0.4, 0.5) is 0 Å². The minimum absolute atomic E-state index is 0.341. The van der Waals surface area contributed by atoms with E-state index >= 15 is 0 Å². The largest absolute Gasteiger partial charge is 0.495 e. The van der Waals surface area contributed by atoms with Crippen molar-refractivity contribution in [3.8, 4) is 11.1 Å². The normalized spacial score (nSPS) is 25.0. The Morgan fingerprint density at radius 1 is 0.930 bits per heavy atom. The van der Waals surface area contributed by atoms with Crippen molar-refractivity contribution in [3.63, 3.8) is 0 Å². The molecule has 3 aliphatic heterocycles. The predicted octanol–water partition coefficient (Wildman–Crippen LogP) is 7.79.